The van der Waals surface area contributed by atoms with Gasteiger partial charge in [-0.3, -0.25) is 0 Å². The summed E-state index contributed by atoms with van der Waals surface area (Å²) in [6.07, 6.45) is 5.84. The fraction of sp³-hybridized carbons (Fsp3) is 0.636. The molecule has 0 saturated heterocycles. The molecule has 1 fully saturated rings. The predicted molar refractivity (Wildman–Crippen MR) is 66.2 cm³/mol. The average molecular weight is 239 g/mol. The van der Waals surface area contributed by atoms with Crippen LogP contribution in [0.15, 0.2) is 11.2 Å². The van der Waals surface area contributed by atoms with E-state index in [4.69, 9.17) is 4.74 Å². The first-order chi connectivity index (χ1) is 7.81. The van der Waals surface area contributed by atoms with Gasteiger partial charge in [-0.25, -0.2) is 4.98 Å². The van der Waals surface area contributed by atoms with Crippen LogP contribution in [0.2, 0.25) is 0 Å². The molecule has 1 saturated carbocycles. The van der Waals surface area contributed by atoms with E-state index >= 15 is 0 Å². The molecule has 0 aromatic carbocycles. The summed E-state index contributed by atoms with van der Waals surface area (Å²) >= 11 is 1.52. The Morgan fingerprint density at radius 3 is 2.94 bits per heavy atom. The van der Waals surface area contributed by atoms with Gasteiger partial charge in [-0.1, -0.05) is 24.6 Å². The molecule has 1 aliphatic carbocycles. The lowest BCUT2D eigenvalue weighted by Gasteiger charge is -2.07. The Kier molecular flexibility index (Phi) is 3.88. The predicted octanol–water partition coefficient (Wildman–Crippen LogP) is 2.42. The molecule has 88 valence electrons. The van der Waals surface area contributed by atoms with Gasteiger partial charge < -0.3 is 10.1 Å². The van der Waals surface area contributed by atoms with Crippen molar-refractivity contribution in [2.24, 2.45) is 5.92 Å². The van der Waals surface area contributed by atoms with Crippen LogP contribution in [-0.2, 0) is 0 Å². The number of rotatable bonds is 6. The van der Waals surface area contributed by atoms with E-state index in [2.05, 4.69) is 15.3 Å². The van der Waals surface area contributed by atoms with Gasteiger partial charge in [-0.2, -0.15) is 4.98 Å². The lowest BCUT2D eigenvalue weighted by Crippen LogP contribution is -2.03. The topological polar surface area (TPSA) is 47.0 Å². The van der Waals surface area contributed by atoms with Crippen LogP contribution in [0.3, 0.4) is 0 Å². The highest BCUT2D eigenvalue weighted by molar-refractivity contribution is 7.98. The SMILES string of the molecule is CNc1cc(OCCC2CC2)nc(SC)n1. The van der Waals surface area contributed by atoms with Crippen LogP contribution in [0.25, 0.3) is 0 Å². The van der Waals surface area contributed by atoms with Crippen LogP contribution in [0.4, 0.5) is 5.82 Å². The minimum Gasteiger partial charge on any atom is -0.477 e. The molecule has 1 aliphatic rings. The van der Waals surface area contributed by atoms with Crippen molar-refractivity contribution >= 4 is 17.6 Å². The minimum absolute atomic E-state index is 0.671. The van der Waals surface area contributed by atoms with Gasteiger partial charge in [-0.05, 0) is 18.6 Å². The molecule has 0 atom stereocenters. The van der Waals surface area contributed by atoms with Crippen molar-refractivity contribution in [2.45, 2.75) is 24.4 Å². The number of anilines is 1. The van der Waals surface area contributed by atoms with Crippen LogP contribution in [0.5, 0.6) is 5.88 Å². The van der Waals surface area contributed by atoms with Crippen molar-refractivity contribution in [2.75, 3.05) is 25.2 Å². The molecule has 4 nitrogen and oxygen atoms in total. The second kappa shape index (κ2) is 5.39. The molecule has 5 heteroatoms. The number of thioether (sulfide) groups is 1. The van der Waals surface area contributed by atoms with Gasteiger partial charge in [0.1, 0.15) is 5.82 Å². The fourth-order valence-corrected chi connectivity index (χ4v) is 1.80. The first-order valence-electron chi connectivity index (χ1n) is 5.55. The molecular formula is C11H17N3OS. The largest absolute Gasteiger partial charge is 0.477 e. The molecule has 0 radical (unpaired) electrons. The van der Waals surface area contributed by atoms with Gasteiger partial charge in [0.25, 0.3) is 0 Å². The van der Waals surface area contributed by atoms with E-state index in [1.165, 1.54) is 24.6 Å². The summed E-state index contributed by atoms with van der Waals surface area (Å²) in [4.78, 5) is 8.59. The maximum atomic E-state index is 5.64. The zero-order valence-corrected chi connectivity index (χ0v) is 10.5. The monoisotopic (exact) mass is 239 g/mol. The van der Waals surface area contributed by atoms with Crippen LogP contribution < -0.4 is 10.1 Å². The van der Waals surface area contributed by atoms with Crippen molar-refractivity contribution in [3.63, 3.8) is 0 Å². The van der Waals surface area contributed by atoms with Crippen LogP contribution in [-0.4, -0.2) is 29.9 Å². The molecule has 1 aromatic rings. The highest BCUT2D eigenvalue weighted by Gasteiger charge is 2.20. The van der Waals surface area contributed by atoms with E-state index in [1.807, 2.05) is 19.4 Å². The van der Waals surface area contributed by atoms with E-state index in [0.29, 0.717) is 5.88 Å². The number of hydrogen-bond donors (Lipinski definition) is 1. The van der Waals surface area contributed by atoms with E-state index < -0.39 is 0 Å². The highest BCUT2D eigenvalue weighted by Crippen LogP contribution is 2.32. The minimum atomic E-state index is 0.671. The lowest BCUT2D eigenvalue weighted by molar-refractivity contribution is 0.288. The molecule has 1 N–H and O–H groups in total. The zero-order chi connectivity index (χ0) is 11.4. The molecule has 0 bridgehead atoms. The summed E-state index contributed by atoms with van der Waals surface area (Å²) in [5, 5.41) is 3.75. The molecule has 1 heterocycles. The normalized spacial score (nSPS) is 14.9. The van der Waals surface area contributed by atoms with E-state index in [9.17, 15) is 0 Å². The standard InChI is InChI=1S/C11H17N3OS/c1-12-9-7-10(14-11(13-9)16-2)15-6-5-8-3-4-8/h7-8H,3-6H2,1-2H3,(H,12,13,14). The summed E-state index contributed by atoms with van der Waals surface area (Å²) in [7, 11) is 1.85. The third-order valence-electron chi connectivity index (χ3n) is 2.59. The van der Waals surface area contributed by atoms with Gasteiger partial charge in [-0.15, -0.1) is 0 Å². The summed E-state index contributed by atoms with van der Waals surface area (Å²) in [5.41, 5.74) is 0. The summed E-state index contributed by atoms with van der Waals surface area (Å²) in [6.45, 7) is 0.763. The Bertz CT molecular complexity index is 333. The Balaban J connectivity index is 1.94. The summed E-state index contributed by atoms with van der Waals surface area (Å²) in [6, 6.07) is 1.84. The maximum Gasteiger partial charge on any atom is 0.219 e. The van der Waals surface area contributed by atoms with Crippen molar-refractivity contribution in [3.8, 4) is 5.88 Å². The third kappa shape index (κ3) is 3.27. The number of aromatic nitrogens is 2. The Morgan fingerprint density at radius 2 is 2.31 bits per heavy atom. The van der Waals surface area contributed by atoms with Crippen molar-refractivity contribution < 1.29 is 4.74 Å². The maximum absolute atomic E-state index is 5.64. The first kappa shape index (κ1) is 11.5. The Hall–Kier alpha value is -0.970. The smallest absolute Gasteiger partial charge is 0.219 e. The average Bonchev–Trinajstić information content (AvgIpc) is 3.12. The van der Waals surface area contributed by atoms with E-state index in [0.717, 1.165) is 29.9 Å². The van der Waals surface area contributed by atoms with Crippen molar-refractivity contribution in [1.82, 2.24) is 9.97 Å². The fourth-order valence-electron chi connectivity index (χ4n) is 1.43. The molecule has 1 aromatic heterocycles. The molecule has 0 spiro atoms. The zero-order valence-electron chi connectivity index (χ0n) is 9.69. The molecular weight excluding hydrogens is 222 g/mol. The number of nitrogens with zero attached hydrogens (tertiary/aromatic N) is 2. The van der Waals surface area contributed by atoms with Crippen molar-refractivity contribution in [1.29, 1.82) is 0 Å². The highest BCUT2D eigenvalue weighted by atomic mass is 32.2. The van der Waals surface area contributed by atoms with Crippen LogP contribution in [0.1, 0.15) is 19.3 Å². The van der Waals surface area contributed by atoms with Gasteiger partial charge in [0.15, 0.2) is 5.16 Å². The van der Waals surface area contributed by atoms with E-state index in [-0.39, 0.29) is 0 Å². The second-order valence-corrected chi connectivity index (χ2v) is 4.68. The Morgan fingerprint density at radius 1 is 1.50 bits per heavy atom. The molecule has 16 heavy (non-hydrogen) atoms. The van der Waals surface area contributed by atoms with E-state index in [1.54, 1.807) is 0 Å². The van der Waals surface area contributed by atoms with Crippen molar-refractivity contribution in [3.05, 3.63) is 6.07 Å². The molecule has 0 amide bonds. The second-order valence-electron chi connectivity index (χ2n) is 3.91. The lowest BCUT2D eigenvalue weighted by atomic mass is 10.3. The molecule has 0 aliphatic heterocycles. The summed E-state index contributed by atoms with van der Waals surface area (Å²) < 4.78 is 5.64. The quantitative estimate of drug-likeness (QED) is 0.610. The number of ether oxygens (including phenoxy) is 1. The van der Waals surface area contributed by atoms with Gasteiger partial charge in [0.2, 0.25) is 5.88 Å². The van der Waals surface area contributed by atoms with Gasteiger partial charge in [0.05, 0.1) is 6.61 Å². The first-order valence-corrected chi connectivity index (χ1v) is 6.78. The summed E-state index contributed by atoms with van der Waals surface area (Å²) in [5.74, 6) is 2.37. The van der Waals surface area contributed by atoms with Gasteiger partial charge >= 0.3 is 0 Å². The molecule has 0 unspecified atom stereocenters. The number of nitrogens with one attached hydrogen (secondary N) is 1. The van der Waals surface area contributed by atoms with Crippen LogP contribution in [0, 0.1) is 5.92 Å². The van der Waals surface area contributed by atoms with Gasteiger partial charge in [0, 0.05) is 13.1 Å². The number of hydrogen-bond acceptors (Lipinski definition) is 5. The molecule has 2 rings (SSSR count). The van der Waals surface area contributed by atoms with Crippen LogP contribution >= 0.6 is 11.8 Å². The Labute approximate surface area is 100 Å². The third-order valence-corrected chi connectivity index (χ3v) is 3.14.